The molecule has 1 aromatic rings. The smallest absolute Gasteiger partial charge is 0.313 e. The van der Waals surface area contributed by atoms with Gasteiger partial charge in [-0.25, -0.2) is 0 Å². The van der Waals surface area contributed by atoms with E-state index in [1.54, 1.807) is 0 Å². The van der Waals surface area contributed by atoms with Crippen molar-refractivity contribution in [3.05, 3.63) is 35.9 Å². The number of rotatable bonds is 10. The Morgan fingerprint density at radius 3 is 1.80 bits per heavy atom. The van der Waals surface area contributed by atoms with Crippen LogP contribution in [-0.2, 0) is 18.8 Å². The van der Waals surface area contributed by atoms with E-state index in [-0.39, 0.29) is 0 Å². The summed E-state index contributed by atoms with van der Waals surface area (Å²) in [5.74, 6) is 0. The quantitative estimate of drug-likeness (QED) is 0.323. The normalized spacial score (nSPS) is 14.0. The van der Waals surface area contributed by atoms with Crippen molar-refractivity contribution >= 4 is 44.1 Å². The highest BCUT2D eigenvalue weighted by molar-refractivity contribution is 7.17. The molecule has 0 aliphatic heterocycles. The van der Waals surface area contributed by atoms with Gasteiger partial charge < -0.3 is 12.3 Å². The number of halogens is 1. The third kappa shape index (κ3) is 10.9. The van der Waals surface area contributed by atoms with E-state index in [1.807, 2.05) is 13.1 Å². The van der Waals surface area contributed by atoms with E-state index < -0.39 is 33.1 Å². The fraction of sp³-hybridized carbons (Fsp3) is 0.647. The first-order chi connectivity index (χ1) is 11.2. The average molecular weight is 435 g/mol. The summed E-state index contributed by atoms with van der Waals surface area (Å²) in [5.41, 5.74) is 1.40. The van der Waals surface area contributed by atoms with Gasteiger partial charge in [0.15, 0.2) is 8.32 Å². The number of hydrogen-bond acceptors (Lipinski definition) is 3. The highest BCUT2D eigenvalue weighted by Crippen LogP contribution is 2.27. The van der Waals surface area contributed by atoms with Gasteiger partial charge in [-0.05, 0) is 76.8 Å². The van der Waals surface area contributed by atoms with Gasteiger partial charge in [0.2, 0.25) is 0 Å². The van der Waals surface area contributed by atoms with Crippen molar-refractivity contribution in [2.75, 3.05) is 0 Å². The molecule has 0 heterocycles. The molecule has 1 rings (SSSR count). The van der Waals surface area contributed by atoms with Crippen molar-refractivity contribution in [3.63, 3.8) is 0 Å². The maximum Gasteiger partial charge on any atom is 0.313 e. The van der Waals surface area contributed by atoms with Gasteiger partial charge in [0, 0.05) is 0 Å². The molecule has 0 aliphatic carbocycles. The van der Waals surface area contributed by atoms with Gasteiger partial charge in [-0.1, -0.05) is 30.3 Å². The SMILES string of the molecule is C[Si](C)(Cl)O[Si](C)(C)O[Si](C)(C)O[Si](C)(C)CCCc1ccccc1. The molecule has 0 aromatic heterocycles. The van der Waals surface area contributed by atoms with Crippen LogP contribution in [0.1, 0.15) is 12.0 Å². The Balaban J connectivity index is 2.55. The molecule has 0 unspecified atom stereocenters. The largest absolute Gasteiger partial charge is 0.436 e. The summed E-state index contributed by atoms with van der Waals surface area (Å²) < 4.78 is 19.1. The maximum atomic E-state index is 6.60. The van der Waals surface area contributed by atoms with Crippen molar-refractivity contribution in [1.29, 1.82) is 0 Å². The van der Waals surface area contributed by atoms with Crippen molar-refractivity contribution < 1.29 is 12.3 Å². The van der Waals surface area contributed by atoms with Crippen LogP contribution in [0.5, 0.6) is 0 Å². The second-order valence-corrected chi connectivity index (χ2v) is 26.1. The van der Waals surface area contributed by atoms with E-state index in [0.717, 1.165) is 18.9 Å². The molecule has 25 heavy (non-hydrogen) atoms. The maximum absolute atomic E-state index is 6.60. The molecule has 0 saturated carbocycles. The summed E-state index contributed by atoms with van der Waals surface area (Å²) in [6.45, 7) is 17.0. The number of hydrogen-bond donors (Lipinski definition) is 0. The predicted molar refractivity (Wildman–Crippen MR) is 119 cm³/mol. The van der Waals surface area contributed by atoms with Gasteiger partial charge in [-0.15, -0.1) is 11.1 Å². The minimum Gasteiger partial charge on any atom is -0.436 e. The molecule has 0 atom stereocenters. The van der Waals surface area contributed by atoms with Gasteiger partial charge >= 0.3 is 17.1 Å². The molecule has 0 bridgehead atoms. The van der Waals surface area contributed by atoms with E-state index in [0.29, 0.717) is 0 Å². The molecule has 8 heteroatoms. The van der Waals surface area contributed by atoms with Crippen LogP contribution in [0.4, 0.5) is 0 Å². The topological polar surface area (TPSA) is 27.7 Å². The summed E-state index contributed by atoms with van der Waals surface area (Å²) in [4.78, 5) is 0. The molecule has 0 radical (unpaired) electrons. The highest BCUT2D eigenvalue weighted by atomic mass is 35.6. The zero-order valence-electron chi connectivity index (χ0n) is 17.1. The van der Waals surface area contributed by atoms with Gasteiger partial charge in [0.05, 0.1) is 0 Å². The Hall–Kier alpha value is 0.258. The average Bonchev–Trinajstić information content (AvgIpc) is 2.33. The molecule has 0 fully saturated rings. The van der Waals surface area contributed by atoms with Crippen LogP contribution in [0.25, 0.3) is 0 Å². The number of aryl methyl sites for hydroxylation is 1. The minimum absolute atomic E-state index is 1.11. The molecule has 1 aromatic carbocycles. The van der Waals surface area contributed by atoms with Crippen molar-refractivity contribution in [2.24, 2.45) is 0 Å². The second kappa shape index (κ2) is 8.96. The fourth-order valence-electron chi connectivity index (χ4n) is 3.30. The zero-order chi connectivity index (χ0) is 19.4. The zero-order valence-corrected chi connectivity index (χ0v) is 21.9. The lowest BCUT2D eigenvalue weighted by Crippen LogP contribution is -2.55. The standard InChI is InChI=1S/C17H35ClO3Si4/c1-22(2,16-12-15-17-13-10-9-11-14-17)19-24(5,6)21-25(7,8)20-23(3,4)18/h9-11,13-14H,12,15-16H2,1-8H3. The molecule has 3 nitrogen and oxygen atoms in total. The summed E-state index contributed by atoms with van der Waals surface area (Å²) in [5, 5.41) is 0. The Kier molecular flexibility index (Phi) is 8.35. The van der Waals surface area contributed by atoms with Crippen LogP contribution < -0.4 is 0 Å². The summed E-state index contributed by atoms with van der Waals surface area (Å²) in [6, 6.07) is 11.8. The van der Waals surface area contributed by atoms with Crippen molar-refractivity contribution in [1.82, 2.24) is 0 Å². The fourth-order valence-corrected chi connectivity index (χ4v) is 22.2. The molecule has 0 aliphatic rings. The lowest BCUT2D eigenvalue weighted by Gasteiger charge is -2.39. The Morgan fingerprint density at radius 2 is 1.28 bits per heavy atom. The van der Waals surface area contributed by atoms with Crippen LogP contribution in [0.15, 0.2) is 30.3 Å². The van der Waals surface area contributed by atoms with E-state index in [4.69, 9.17) is 23.4 Å². The van der Waals surface area contributed by atoms with Gasteiger partial charge in [0.1, 0.15) is 0 Å². The van der Waals surface area contributed by atoms with Crippen LogP contribution in [-0.4, -0.2) is 33.1 Å². The highest BCUT2D eigenvalue weighted by Gasteiger charge is 2.42. The summed E-state index contributed by atoms with van der Waals surface area (Å²) in [7, 11) is -8.40. The third-order valence-corrected chi connectivity index (χ3v) is 17.9. The van der Waals surface area contributed by atoms with E-state index in [9.17, 15) is 0 Å². The first kappa shape index (κ1) is 23.3. The van der Waals surface area contributed by atoms with Crippen LogP contribution >= 0.6 is 11.1 Å². The van der Waals surface area contributed by atoms with Crippen LogP contribution in [0.3, 0.4) is 0 Å². The minimum atomic E-state index is -2.27. The van der Waals surface area contributed by atoms with Crippen LogP contribution in [0.2, 0.25) is 58.4 Å². The van der Waals surface area contributed by atoms with Gasteiger partial charge in [-0.2, -0.15) is 0 Å². The van der Waals surface area contributed by atoms with Crippen LogP contribution in [0, 0.1) is 0 Å². The molecule has 0 amide bonds. The molecular weight excluding hydrogens is 400 g/mol. The third-order valence-electron chi connectivity index (χ3n) is 3.59. The molecule has 0 N–H and O–H groups in total. The monoisotopic (exact) mass is 434 g/mol. The Labute approximate surface area is 163 Å². The molecule has 0 spiro atoms. The van der Waals surface area contributed by atoms with E-state index in [1.165, 1.54) is 5.56 Å². The van der Waals surface area contributed by atoms with E-state index >= 15 is 0 Å². The Bertz CT molecular complexity index is 530. The predicted octanol–water partition coefficient (Wildman–Crippen LogP) is 6.22. The van der Waals surface area contributed by atoms with Crippen molar-refractivity contribution in [3.8, 4) is 0 Å². The summed E-state index contributed by atoms with van der Waals surface area (Å²) in [6.07, 6.45) is 2.27. The number of benzene rings is 1. The van der Waals surface area contributed by atoms with Gasteiger partial charge in [0.25, 0.3) is 7.63 Å². The Morgan fingerprint density at radius 1 is 0.760 bits per heavy atom. The first-order valence-corrected chi connectivity index (χ1v) is 21.7. The lowest BCUT2D eigenvalue weighted by atomic mass is 10.1. The lowest BCUT2D eigenvalue weighted by molar-refractivity contribution is 0.332. The molecule has 0 saturated heterocycles. The molecule has 144 valence electrons. The first-order valence-electron chi connectivity index (χ1n) is 9.03. The second-order valence-electron chi connectivity index (χ2n) is 8.57. The van der Waals surface area contributed by atoms with Gasteiger partial charge in [-0.3, -0.25) is 0 Å². The van der Waals surface area contributed by atoms with E-state index in [2.05, 4.69) is 69.6 Å². The van der Waals surface area contributed by atoms with Crippen molar-refractivity contribution in [2.45, 2.75) is 71.3 Å². The molecular formula is C17H35ClO3Si4. The summed E-state index contributed by atoms with van der Waals surface area (Å²) >= 11 is 6.36.